The maximum absolute atomic E-state index is 4.51. The van der Waals surface area contributed by atoms with Crippen molar-refractivity contribution in [3.63, 3.8) is 0 Å². The predicted molar refractivity (Wildman–Crippen MR) is 123 cm³/mol. The topological polar surface area (TPSA) is 54.2 Å². The minimum Gasteiger partial charge on any atom is -0.356 e. The van der Waals surface area contributed by atoms with Gasteiger partial charge in [-0.2, -0.15) is 5.10 Å². The normalized spacial score (nSPS) is 15.1. The average molecular weight is 481 g/mol. The first-order chi connectivity index (χ1) is 12.6. The van der Waals surface area contributed by atoms with E-state index in [1.165, 1.54) is 24.1 Å². The smallest absolute Gasteiger partial charge is 0.190 e. The highest BCUT2D eigenvalue weighted by atomic mass is 127. The molecule has 1 aliphatic carbocycles. The summed E-state index contributed by atoms with van der Waals surface area (Å²) < 4.78 is 2.08. The highest BCUT2D eigenvalue weighted by molar-refractivity contribution is 14.0. The molecule has 1 aromatic carbocycles. The Morgan fingerprint density at radius 1 is 1.19 bits per heavy atom. The standard InChI is InChI=1S/C21H31N5.HI/c1-17-14-18(2)26(25-17)13-7-12-23-20(22-3)24-16-21(10-11-21)15-19-8-5-4-6-9-19;/h4-6,8-9,14H,7,10-13,15-16H2,1-3H3,(H2,22,23,24);1H. The van der Waals surface area contributed by atoms with E-state index in [0.717, 1.165) is 44.1 Å². The van der Waals surface area contributed by atoms with Gasteiger partial charge in [0.1, 0.15) is 0 Å². The highest BCUT2D eigenvalue weighted by Gasteiger charge is 2.42. The van der Waals surface area contributed by atoms with Crippen LogP contribution in [0.1, 0.15) is 36.2 Å². The Morgan fingerprint density at radius 3 is 2.52 bits per heavy atom. The number of halogens is 1. The molecule has 0 saturated heterocycles. The molecule has 2 N–H and O–H groups in total. The molecule has 0 bridgehead atoms. The molecule has 0 radical (unpaired) electrons. The SMILES string of the molecule is CN=C(NCCCn1nc(C)cc1C)NCC1(Cc2ccccc2)CC1.I. The van der Waals surface area contributed by atoms with Crippen molar-refractivity contribution in [1.82, 2.24) is 20.4 Å². The van der Waals surface area contributed by atoms with Gasteiger partial charge >= 0.3 is 0 Å². The van der Waals surface area contributed by atoms with Gasteiger partial charge in [-0.1, -0.05) is 30.3 Å². The van der Waals surface area contributed by atoms with E-state index < -0.39 is 0 Å². The summed E-state index contributed by atoms with van der Waals surface area (Å²) >= 11 is 0. The molecule has 1 aromatic heterocycles. The van der Waals surface area contributed by atoms with Gasteiger partial charge in [0.15, 0.2) is 5.96 Å². The predicted octanol–water partition coefficient (Wildman–Crippen LogP) is 3.70. The lowest BCUT2D eigenvalue weighted by atomic mass is 9.96. The second-order valence-corrected chi connectivity index (χ2v) is 7.52. The van der Waals surface area contributed by atoms with E-state index in [-0.39, 0.29) is 24.0 Å². The minimum absolute atomic E-state index is 0. The molecular weight excluding hydrogens is 449 g/mol. The van der Waals surface area contributed by atoms with Crippen LogP contribution in [-0.4, -0.2) is 35.9 Å². The summed E-state index contributed by atoms with van der Waals surface area (Å²) in [7, 11) is 1.84. The molecule has 6 heteroatoms. The zero-order valence-corrected chi connectivity index (χ0v) is 19.0. The summed E-state index contributed by atoms with van der Waals surface area (Å²) in [6, 6.07) is 12.9. The second-order valence-electron chi connectivity index (χ2n) is 7.52. The Labute approximate surface area is 180 Å². The maximum atomic E-state index is 4.51. The summed E-state index contributed by atoms with van der Waals surface area (Å²) in [5.41, 5.74) is 4.14. The molecule has 1 fully saturated rings. The number of rotatable bonds is 8. The highest BCUT2D eigenvalue weighted by Crippen LogP contribution is 2.47. The first-order valence-electron chi connectivity index (χ1n) is 9.60. The fourth-order valence-corrected chi connectivity index (χ4v) is 3.45. The van der Waals surface area contributed by atoms with Crippen molar-refractivity contribution in [2.45, 2.75) is 46.1 Å². The Morgan fingerprint density at radius 2 is 1.93 bits per heavy atom. The van der Waals surface area contributed by atoms with E-state index in [2.05, 4.69) is 68.7 Å². The number of guanidine groups is 1. The van der Waals surface area contributed by atoms with E-state index in [9.17, 15) is 0 Å². The van der Waals surface area contributed by atoms with Crippen molar-refractivity contribution < 1.29 is 0 Å². The quantitative estimate of drug-likeness (QED) is 0.262. The van der Waals surface area contributed by atoms with E-state index in [4.69, 9.17) is 0 Å². The Hall–Kier alpha value is -1.57. The van der Waals surface area contributed by atoms with Crippen LogP contribution in [0.5, 0.6) is 0 Å². The van der Waals surface area contributed by atoms with Crippen LogP contribution >= 0.6 is 24.0 Å². The van der Waals surface area contributed by atoms with Crippen molar-refractivity contribution >= 4 is 29.9 Å². The van der Waals surface area contributed by atoms with Gasteiger partial charge in [0.2, 0.25) is 0 Å². The molecule has 0 amide bonds. The van der Waals surface area contributed by atoms with Gasteiger partial charge in [0, 0.05) is 32.4 Å². The van der Waals surface area contributed by atoms with Crippen LogP contribution < -0.4 is 10.6 Å². The van der Waals surface area contributed by atoms with Crippen LogP contribution in [0.25, 0.3) is 0 Å². The first-order valence-corrected chi connectivity index (χ1v) is 9.60. The molecule has 1 heterocycles. The van der Waals surface area contributed by atoms with Crippen molar-refractivity contribution in [1.29, 1.82) is 0 Å². The van der Waals surface area contributed by atoms with Crippen LogP contribution in [0.4, 0.5) is 0 Å². The fraction of sp³-hybridized carbons (Fsp3) is 0.524. The van der Waals surface area contributed by atoms with Crippen LogP contribution in [-0.2, 0) is 13.0 Å². The Kier molecular flexibility index (Phi) is 8.13. The number of nitrogens with one attached hydrogen (secondary N) is 2. The molecule has 2 aromatic rings. The van der Waals surface area contributed by atoms with Crippen molar-refractivity contribution in [2.75, 3.05) is 20.1 Å². The van der Waals surface area contributed by atoms with Gasteiger partial charge in [-0.25, -0.2) is 0 Å². The maximum Gasteiger partial charge on any atom is 0.190 e. The summed E-state index contributed by atoms with van der Waals surface area (Å²) in [6.45, 7) is 6.96. The number of aryl methyl sites for hydroxylation is 3. The van der Waals surface area contributed by atoms with Crippen LogP contribution in [0.15, 0.2) is 41.4 Å². The number of aromatic nitrogens is 2. The molecule has 3 rings (SSSR count). The molecule has 5 nitrogen and oxygen atoms in total. The van der Waals surface area contributed by atoms with E-state index in [1.807, 2.05) is 14.0 Å². The van der Waals surface area contributed by atoms with E-state index in [0.29, 0.717) is 5.41 Å². The molecule has 0 spiro atoms. The molecule has 0 unspecified atom stereocenters. The third-order valence-electron chi connectivity index (χ3n) is 5.18. The lowest BCUT2D eigenvalue weighted by Gasteiger charge is -2.19. The number of nitrogens with zero attached hydrogens (tertiary/aromatic N) is 3. The molecule has 1 aliphatic rings. The van der Waals surface area contributed by atoms with Crippen molar-refractivity contribution in [2.24, 2.45) is 10.4 Å². The van der Waals surface area contributed by atoms with Gasteiger partial charge in [0.05, 0.1) is 5.69 Å². The van der Waals surface area contributed by atoms with E-state index >= 15 is 0 Å². The lowest BCUT2D eigenvalue weighted by Crippen LogP contribution is -2.41. The summed E-state index contributed by atoms with van der Waals surface area (Å²) in [5, 5.41) is 11.5. The lowest BCUT2D eigenvalue weighted by molar-refractivity contribution is 0.490. The summed E-state index contributed by atoms with van der Waals surface area (Å²) in [5.74, 6) is 0.901. The van der Waals surface area contributed by atoms with Crippen LogP contribution in [0, 0.1) is 19.3 Å². The van der Waals surface area contributed by atoms with Gasteiger partial charge in [0.25, 0.3) is 0 Å². The van der Waals surface area contributed by atoms with Gasteiger partial charge < -0.3 is 10.6 Å². The Bertz CT molecular complexity index is 734. The third-order valence-corrected chi connectivity index (χ3v) is 5.18. The average Bonchev–Trinajstić information content (AvgIpc) is 3.32. The van der Waals surface area contributed by atoms with Crippen LogP contribution in [0.3, 0.4) is 0 Å². The van der Waals surface area contributed by atoms with Crippen molar-refractivity contribution in [3.05, 3.63) is 53.3 Å². The molecule has 148 valence electrons. The molecule has 0 atom stereocenters. The zero-order chi connectivity index (χ0) is 18.4. The number of hydrogen-bond donors (Lipinski definition) is 2. The van der Waals surface area contributed by atoms with Crippen molar-refractivity contribution in [3.8, 4) is 0 Å². The molecule has 0 aliphatic heterocycles. The van der Waals surface area contributed by atoms with E-state index in [1.54, 1.807) is 0 Å². The molecular formula is C21H32IN5. The third kappa shape index (κ3) is 6.52. The number of benzene rings is 1. The molecule has 1 saturated carbocycles. The van der Waals surface area contributed by atoms with Gasteiger partial charge in [-0.3, -0.25) is 9.67 Å². The summed E-state index contributed by atoms with van der Waals surface area (Å²) in [4.78, 5) is 4.36. The number of hydrogen-bond acceptors (Lipinski definition) is 2. The van der Waals surface area contributed by atoms with Gasteiger partial charge in [-0.05, 0) is 56.6 Å². The Balaban J connectivity index is 0.00000261. The molecule has 27 heavy (non-hydrogen) atoms. The fourth-order valence-electron chi connectivity index (χ4n) is 3.45. The summed E-state index contributed by atoms with van der Waals surface area (Å²) in [6.07, 6.45) is 4.77. The number of aliphatic imine (C=N–C) groups is 1. The first kappa shape index (κ1) is 21.7. The van der Waals surface area contributed by atoms with Crippen LogP contribution in [0.2, 0.25) is 0 Å². The van der Waals surface area contributed by atoms with Gasteiger partial charge in [-0.15, -0.1) is 24.0 Å². The monoisotopic (exact) mass is 481 g/mol. The second kappa shape index (κ2) is 10.1. The largest absolute Gasteiger partial charge is 0.356 e. The minimum atomic E-state index is 0. The zero-order valence-electron chi connectivity index (χ0n) is 16.7.